The summed E-state index contributed by atoms with van der Waals surface area (Å²) in [6.45, 7) is 1.98. The van der Waals surface area contributed by atoms with Crippen molar-refractivity contribution in [3.8, 4) is 0 Å². The maximum absolute atomic E-state index is 13.0. The minimum Gasteiger partial charge on any atom is -0.264 e. The van der Waals surface area contributed by atoms with Crippen LogP contribution in [0.15, 0.2) is 47.6 Å². The van der Waals surface area contributed by atoms with Gasteiger partial charge in [0, 0.05) is 30.6 Å². The fourth-order valence-corrected chi connectivity index (χ4v) is 4.72. The number of aryl methyl sites for hydroxylation is 1. The fourth-order valence-electron chi connectivity index (χ4n) is 3.02. The molecule has 0 spiro atoms. The van der Waals surface area contributed by atoms with Gasteiger partial charge in [0.15, 0.2) is 0 Å². The van der Waals surface area contributed by atoms with E-state index in [0.717, 1.165) is 18.1 Å². The van der Waals surface area contributed by atoms with E-state index in [4.69, 9.17) is 0 Å². The maximum Gasteiger partial charge on any atom is 0.273 e. The highest BCUT2D eigenvalue weighted by molar-refractivity contribution is 7.89. The maximum atomic E-state index is 13.0. The van der Waals surface area contributed by atoms with Gasteiger partial charge >= 0.3 is 0 Å². The van der Waals surface area contributed by atoms with E-state index in [-0.39, 0.29) is 16.6 Å². The second kappa shape index (κ2) is 6.29. The molecule has 8 heteroatoms. The van der Waals surface area contributed by atoms with Gasteiger partial charge in [-0.05, 0) is 37.5 Å². The average Bonchev–Trinajstić information content (AvgIpc) is 3.06. The first-order valence-electron chi connectivity index (χ1n) is 7.58. The zero-order valence-corrected chi connectivity index (χ0v) is 13.9. The third kappa shape index (κ3) is 2.90. The molecule has 2 heterocycles. The fraction of sp³-hybridized carbons (Fsp3) is 0.312. The zero-order valence-electron chi connectivity index (χ0n) is 13.1. The molecule has 0 radical (unpaired) electrons. The number of benzene rings is 1. The van der Waals surface area contributed by atoms with Crippen molar-refractivity contribution in [1.29, 1.82) is 0 Å². The molecule has 1 fully saturated rings. The summed E-state index contributed by atoms with van der Waals surface area (Å²) in [5.41, 5.74) is 1.08. The molecule has 1 unspecified atom stereocenters. The van der Waals surface area contributed by atoms with E-state index in [1.165, 1.54) is 16.4 Å². The van der Waals surface area contributed by atoms with Crippen molar-refractivity contribution in [3.05, 3.63) is 64.0 Å². The smallest absolute Gasteiger partial charge is 0.264 e. The van der Waals surface area contributed by atoms with Crippen molar-refractivity contribution < 1.29 is 13.3 Å². The summed E-state index contributed by atoms with van der Waals surface area (Å²) in [6, 6.07) is 7.38. The Bertz CT molecular complexity index is 868. The molecule has 1 aromatic heterocycles. The van der Waals surface area contributed by atoms with E-state index in [1.54, 1.807) is 25.4 Å². The zero-order chi connectivity index (χ0) is 17.3. The van der Waals surface area contributed by atoms with Crippen LogP contribution >= 0.6 is 0 Å². The number of sulfonamides is 1. The lowest BCUT2D eigenvalue weighted by molar-refractivity contribution is -0.385. The number of aromatic nitrogens is 1. The number of rotatable bonds is 4. The molecule has 1 aliphatic heterocycles. The Balaban J connectivity index is 2.01. The molecule has 0 aliphatic carbocycles. The molecule has 24 heavy (non-hydrogen) atoms. The Morgan fingerprint density at radius 2 is 2.12 bits per heavy atom. The quantitative estimate of drug-likeness (QED) is 0.626. The third-order valence-corrected chi connectivity index (χ3v) is 6.16. The van der Waals surface area contributed by atoms with E-state index in [9.17, 15) is 18.5 Å². The van der Waals surface area contributed by atoms with Crippen LogP contribution in [0.25, 0.3) is 0 Å². The van der Waals surface area contributed by atoms with Gasteiger partial charge in [-0.3, -0.25) is 15.1 Å². The van der Waals surface area contributed by atoms with Crippen LogP contribution in [0.4, 0.5) is 5.69 Å². The van der Waals surface area contributed by atoms with Gasteiger partial charge in [0.05, 0.1) is 15.9 Å². The van der Waals surface area contributed by atoms with Crippen LogP contribution in [0.5, 0.6) is 0 Å². The number of nitro benzene ring substituents is 1. The van der Waals surface area contributed by atoms with E-state index in [1.807, 2.05) is 6.07 Å². The van der Waals surface area contributed by atoms with Gasteiger partial charge in [0.2, 0.25) is 10.0 Å². The summed E-state index contributed by atoms with van der Waals surface area (Å²) < 4.78 is 27.4. The number of nitrogens with zero attached hydrogens (tertiary/aromatic N) is 3. The molecule has 126 valence electrons. The molecular weight excluding hydrogens is 330 g/mol. The van der Waals surface area contributed by atoms with Crippen molar-refractivity contribution in [2.75, 3.05) is 6.54 Å². The first-order valence-corrected chi connectivity index (χ1v) is 9.02. The summed E-state index contributed by atoms with van der Waals surface area (Å²) in [4.78, 5) is 14.5. The summed E-state index contributed by atoms with van der Waals surface area (Å²) in [6.07, 6.45) is 4.75. The van der Waals surface area contributed by atoms with E-state index < -0.39 is 14.9 Å². The van der Waals surface area contributed by atoms with Crippen LogP contribution in [0, 0.1) is 17.0 Å². The predicted octanol–water partition coefficient (Wildman–Crippen LogP) is 2.82. The highest BCUT2D eigenvalue weighted by atomic mass is 32.2. The van der Waals surface area contributed by atoms with Crippen LogP contribution in [0.2, 0.25) is 0 Å². The van der Waals surface area contributed by atoms with E-state index in [0.29, 0.717) is 18.5 Å². The first-order chi connectivity index (χ1) is 11.4. The second-order valence-electron chi connectivity index (χ2n) is 5.77. The van der Waals surface area contributed by atoms with Crippen molar-refractivity contribution >= 4 is 15.7 Å². The number of hydrogen-bond acceptors (Lipinski definition) is 5. The Hall–Kier alpha value is -2.32. The van der Waals surface area contributed by atoms with Gasteiger partial charge in [0.1, 0.15) is 0 Å². The van der Waals surface area contributed by atoms with Gasteiger partial charge in [-0.1, -0.05) is 12.1 Å². The molecule has 2 aromatic rings. The first kappa shape index (κ1) is 16.5. The number of nitro groups is 1. The highest BCUT2D eigenvalue weighted by Gasteiger charge is 2.37. The molecule has 0 bridgehead atoms. The van der Waals surface area contributed by atoms with Gasteiger partial charge < -0.3 is 0 Å². The molecule has 0 amide bonds. The second-order valence-corrected chi connectivity index (χ2v) is 7.66. The molecule has 0 saturated carbocycles. The molecule has 3 rings (SSSR count). The molecule has 1 aromatic carbocycles. The van der Waals surface area contributed by atoms with Crippen molar-refractivity contribution in [3.63, 3.8) is 0 Å². The standard InChI is InChI=1S/C16H17N3O4S/c1-12-6-7-14(10-16(12)19(20)21)24(22,23)18-9-3-5-15(18)13-4-2-8-17-11-13/h2,4,6-8,10-11,15H,3,5,9H2,1H3. The van der Waals surface area contributed by atoms with Crippen LogP contribution < -0.4 is 0 Å². The molecule has 1 saturated heterocycles. The van der Waals surface area contributed by atoms with E-state index >= 15 is 0 Å². The summed E-state index contributed by atoms with van der Waals surface area (Å²) >= 11 is 0. The van der Waals surface area contributed by atoms with Crippen molar-refractivity contribution in [1.82, 2.24) is 9.29 Å². The monoisotopic (exact) mass is 347 g/mol. The van der Waals surface area contributed by atoms with Crippen LogP contribution in [-0.2, 0) is 10.0 Å². The minimum absolute atomic E-state index is 0.0457. The lowest BCUT2D eigenvalue weighted by Crippen LogP contribution is -2.30. The molecule has 0 N–H and O–H groups in total. The van der Waals surface area contributed by atoms with Crippen molar-refractivity contribution in [2.45, 2.75) is 30.7 Å². The lowest BCUT2D eigenvalue weighted by Gasteiger charge is -2.24. The van der Waals surface area contributed by atoms with Crippen molar-refractivity contribution in [2.24, 2.45) is 0 Å². The Kier molecular flexibility index (Phi) is 4.33. The van der Waals surface area contributed by atoms with Crippen LogP contribution in [-0.4, -0.2) is 29.2 Å². The average molecular weight is 347 g/mol. The molecule has 1 atom stereocenters. The Labute approximate surface area is 140 Å². The van der Waals surface area contributed by atoms with Crippen LogP contribution in [0.1, 0.15) is 30.0 Å². The molecule has 7 nitrogen and oxygen atoms in total. The predicted molar refractivity (Wildman–Crippen MR) is 87.9 cm³/mol. The van der Waals surface area contributed by atoms with E-state index in [2.05, 4.69) is 4.98 Å². The Morgan fingerprint density at radius 3 is 2.79 bits per heavy atom. The topological polar surface area (TPSA) is 93.4 Å². The lowest BCUT2D eigenvalue weighted by atomic mass is 10.1. The number of hydrogen-bond donors (Lipinski definition) is 0. The van der Waals surface area contributed by atoms with Crippen LogP contribution in [0.3, 0.4) is 0 Å². The normalized spacial score (nSPS) is 18.6. The van der Waals surface area contributed by atoms with Gasteiger partial charge in [-0.25, -0.2) is 8.42 Å². The van der Waals surface area contributed by atoms with Gasteiger partial charge in [0.25, 0.3) is 5.69 Å². The summed E-state index contributed by atoms with van der Waals surface area (Å²) in [7, 11) is -3.81. The van der Waals surface area contributed by atoms with Gasteiger partial charge in [-0.15, -0.1) is 0 Å². The molecule has 1 aliphatic rings. The number of pyridine rings is 1. The largest absolute Gasteiger partial charge is 0.273 e. The Morgan fingerprint density at radius 1 is 1.33 bits per heavy atom. The minimum atomic E-state index is -3.81. The molecular formula is C16H17N3O4S. The highest BCUT2D eigenvalue weighted by Crippen LogP contribution is 2.37. The summed E-state index contributed by atoms with van der Waals surface area (Å²) in [5.74, 6) is 0. The SMILES string of the molecule is Cc1ccc(S(=O)(=O)N2CCCC2c2cccnc2)cc1[N+](=O)[O-]. The summed E-state index contributed by atoms with van der Waals surface area (Å²) in [5, 5.41) is 11.1. The van der Waals surface area contributed by atoms with Gasteiger partial charge in [-0.2, -0.15) is 4.31 Å². The third-order valence-electron chi connectivity index (χ3n) is 4.26.